The molecule has 0 unspecified atom stereocenters. The molecule has 0 saturated carbocycles. The Labute approximate surface area is 169 Å². The number of benzene rings is 1. The minimum Gasteiger partial charge on any atom is -0.507 e. The van der Waals surface area contributed by atoms with E-state index >= 15 is 0 Å². The summed E-state index contributed by atoms with van der Waals surface area (Å²) in [4.78, 5) is 33.0. The zero-order valence-corrected chi connectivity index (χ0v) is 16.1. The van der Waals surface area contributed by atoms with Gasteiger partial charge in [0.15, 0.2) is 0 Å². The lowest BCUT2D eigenvalue weighted by Gasteiger charge is -2.28. The van der Waals surface area contributed by atoms with Crippen LogP contribution in [0.5, 0.6) is 0 Å². The van der Waals surface area contributed by atoms with Gasteiger partial charge in [0, 0.05) is 11.8 Å². The van der Waals surface area contributed by atoms with Gasteiger partial charge in [-0.1, -0.05) is 36.4 Å². The van der Waals surface area contributed by atoms with E-state index in [-0.39, 0.29) is 11.3 Å². The first-order valence-electron chi connectivity index (χ1n) is 9.83. The lowest BCUT2D eigenvalue weighted by molar-refractivity contribution is -0.907. The number of amides is 1. The number of rotatable bonds is 5. The number of pyridine rings is 1. The summed E-state index contributed by atoms with van der Waals surface area (Å²) in [5.41, 5.74) is 1.17. The fourth-order valence-electron chi connectivity index (χ4n) is 3.90. The van der Waals surface area contributed by atoms with Crippen LogP contribution < -0.4 is 4.90 Å². The average molecular weight is 394 g/mol. The van der Waals surface area contributed by atoms with Gasteiger partial charge in [-0.25, -0.2) is 0 Å². The number of aliphatic hydroxyl groups is 1. The second-order valence-corrected chi connectivity index (χ2v) is 7.23. The molecule has 1 amide bonds. The van der Waals surface area contributed by atoms with Crippen LogP contribution >= 0.6 is 0 Å². The number of quaternary nitrogens is 1. The maximum Gasteiger partial charge on any atom is 0.295 e. The van der Waals surface area contributed by atoms with E-state index in [1.165, 1.54) is 4.90 Å². The van der Waals surface area contributed by atoms with Crippen molar-refractivity contribution in [1.29, 1.82) is 0 Å². The van der Waals surface area contributed by atoms with E-state index in [0.29, 0.717) is 37.6 Å². The van der Waals surface area contributed by atoms with Crippen molar-refractivity contribution in [2.45, 2.75) is 6.04 Å². The minimum atomic E-state index is -0.697. The van der Waals surface area contributed by atoms with Crippen LogP contribution in [0.3, 0.4) is 0 Å². The summed E-state index contributed by atoms with van der Waals surface area (Å²) in [7, 11) is 0. The molecule has 7 nitrogen and oxygen atoms in total. The van der Waals surface area contributed by atoms with Crippen molar-refractivity contribution in [2.24, 2.45) is 0 Å². The number of aromatic nitrogens is 1. The molecule has 1 aromatic heterocycles. The zero-order valence-electron chi connectivity index (χ0n) is 16.1. The number of carbonyl (C=O) groups is 2. The number of ether oxygens (including phenoxy) is 1. The monoisotopic (exact) mass is 394 g/mol. The Balaban J connectivity index is 1.70. The van der Waals surface area contributed by atoms with E-state index in [1.807, 2.05) is 12.1 Å². The summed E-state index contributed by atoms with van der Waals surface area (Å²) in [6.07, 6.45) is 1.63. The molecule has 2 aliphatic rings. The summed E-state index contributed by atoms with van der Waals surface area (Å²) >= 11 is 0. The Morgan fingerprint density at radius 2 is 1.83 bits per heavy atom. The van der Waals surface area contributed by atoms with Crippen molar-refractivity contribution in [1.82, 2.24) is 9.88 Å². The number of morpholine rings is 1. The normalized spacial score (nSPS) is 22.2. The largest absolute Gasteiger partial charge is 0.507 e. The second kappa shape index (κ2) is 8.55. The van der Waals surface area contributed by atoms with Gasteiger partial charge >= 0.3 is 0 Å². The highest BCUT2D eigenvalue weighted by molar-refractivity contribution is 6.46. The number of carbonyl (C=O) groups excluding carboxylic acids is 2. The Kier molecular flexibility index (Phi) is 5.69. The Hall–Kier alpha value is -3.03. The summed E-state index contributed by atoms with van der Waals surface area (Å²) in [6, 6.07) is 13.5. The number of hydrogen-bond donors (Lipinski definition) is 2. The molecular weight excluding hydrogens is 370 g/mol. The lowest BCUT2D eigenvalue weighted by atomic mass is 9.98. The van der Waals surface area contributed by atoms with Crippen LogP contribution in [0.15, 0.2) is 60.3 Å². The van der Waals surface area contributed by atoms with Crippen molar-refractivity contribution in [2.75, 3.05) is 39.4 Å². The molecule has 2 N–H and O–H groups in total. The Morgan fingerprint density at radius 1 is 1.10 bits per heavy atom. The van der Waals surface area contributed by atoms with Crippen LogP contribution in [-0.2, 0) is 14.3 Å². The highest BCUT2D eigenvalue weighted by Crippen LogP contribution is 2.38. The first kappa shape index (κ1) is 19.3. The first-order valence-corrected chi connectivity index (χ1v) is 9.83. The van der Waals surface area contributed by atoms with E-state index < -0.39 is 17.7 Å². The summed E-state index contributed by atoms with van der Waals surface area (Å²) < 4.78 is 5.39. The quantitative estimate of drug-likeness (QED) is 0.436. The van der Waals surface area contributed by atoms with Gasteiger partial charge < -0.3 is 19.6 Å². The molecule has 2 saturated heterocycles. The lowest BCUT2D eigenvalue weighted by Crippen LogP contribution is -3.14. The standard InChI is InChI=1S/C22H23N3O4/c26-20(16-6-2-1-3-7-16)18-19(17-8-4-5-9-23-17)25(22(28)21(18)27)11-10-24-12-14-29-15-13-24/h1-9,19,26H,10-15H2/p+1/b20-18+/t19-/m1/s1. The molecule has 2 aromatic rings. The van der Waals surface area contributed by atoms with E-state index in [9.17, 15) is 14.7 Å². The van der Waals surface area contributed by atoms with Gasteiger partial charge in [-0.05, 0) is 12.1 Å². The molecule has 1 atom stereocenters. The van der Waals surface area contributed by atoms with Gasteiger partial charge in [-0.3, -0.25) is 14.6 Å². The third-order valence-corrected chi connectivity index (χ3v) is 5.46. The molecule has 0 aliphatic carbocycles. The van der Waals surface area contributed by atoms with Gasteiger partial charge in [-0.2, -0.15) is 0 Å². The molecule has 3 heterocycles. The smallest absolute Gasteiger partial charge is 0.295 e. The highest BCUT2D eigenvalue weighted by Gasteiger charge is 2.47. The van der Waals surface area contributed by atoms with Crippen LogP contribution in [0.1, 0.15) is 17.3 Å². The van der Waals surface area contributed by atoms with Crippen LogP contribution in [0.4, 0.5) is 0 Å². The number of ketones is 1. The van der Waals surface area contributed by atoms with Crippen molar-refractivity contribution < 1.29 is 24.3 Å². The number of hydrogen-bond acceptors (Lipinski definition) is 5. The molecule has 2 fully saturated rings. The van der Waals surface area contributed by atoms with Gasteiger partial charge in [0.25, 0.3) is 11.7 Å². The van der Waals surface area contributed by atoms with E-state index in [2.05, 4.69) is 4.98 Å². The molecule has 0 radical (unpaired) electrons. The van der Waals surface area contributed by atoms with E-state index in [4.69, 9.17) is 4.74 Å². The summed E-state index contributed by atoms with van der Waals surface area (Å²) in [5.74, 6) is -1.43. The van der Waals surface area contributed by atoms with Gasteiger partial charge in [0.2, 0.25) is 0 Å². The van der Waals surface area contributed by atoms with Gasteiger partial charge in [0.05, 0.1) is 37.6 Å². The number of nitrogens with zero attached hydrogens (tertiary/aromatic N) is 2. The summed E-state index contributed by atoms with van der Waals surface area (Å²) in [6.45, 7) is 4.28. The van der Waals surface area contributed by atoms with E-state index in [0.717, 1.165) is 13.1 Å². The molecule has 0 spiro atoms. The average Bonchev–Trinajstić information content (AvgIpc) is 3.04. The highest BCUT2D eigenvalue weighted by atomic mass is 16.5. The molecular formula is C22H24N3O4+. The maximum absolute atomic E-state index is 12.9. The second-order valence-electron chi connectivity index (χ2n) is 7.23. The van der Waals surface area contributed by atoms with Crippen molar-refractivity contribution in [3.63, 3.8) is 0 Å². The molecule has 1 aromatic carbocycles. The molecule has 7 heteroatoms. The van der Waals surface area contributed by atoms with Crippen molar-refractivity contribution >= 4 is 17.4 Å². The number of Topliss-reactive ketones (excluding diaryl/α,β-unsaturated/α-hetero) is 1. The van der Waals surface area contributed by atoms with Crippen LogP contribution in [0.25, 0.3) is 5.76 Å². The number of nitrogens with one attached hydrogen (secondary N) is 1. The SMILES string of the molecule is O=C1C(=O)N(CC[NH+]2CCOCC2)[C@H](c2ccccn2)/C1=C(\O)c1ccccc1. The van der Waals surface area contributed by atoms with Gasteiger partial charge in [0.1, 0.15) is 24.9 Å². The van der Waals surface area contributed by atoms with E-state index in [1.54, 1.807) is 47.5 Å². The molecule has 2 aliphatic heterocycles. The predicted molar refractivity (Wildman–Crippen MR) is 106 cm³/mol. The fourth-order valence-corrected chi connectivity index (χ4v) is 3.90. The minimum absolute atomic E-state index is 0.0943. The van der Waals surface area contributed by atoms with Crippen molar-refractivity contribution in [3.05, 3.63) is 71.6 Å². The number of likely N-dealkylation sites (tertiary alicyclic amines) is 1. The van der Waals surface area contributed by atoms with Crippen LogP contribution in [-0.4, -0.2) is 66.1 Å². The molecule has 0 bridgehead atoms. The third kappa shape index (κ3) is 3.92. The maximum atomic E-state index is 12.9. The molecule has 29 heavy (non-hydrogen) atoms. The third-order valence-electron chi connectivity index (χ3n) is 5.46. The summed E-state index contributed by atoms with van der Waals surface area (Å²) in [5, 5.41) is 10.9. The topological polar surface area (TPSA) is 84.2 Å². The van der Waals surface area contributed by atoms with Crippen molar-refractivity contribution in [3.8, 4) is 0 Å². The Morgan fingerprint density at radius 3 is 2.52 bits per heavy atom. The Bertz CT molecular complexity index is 908. The first-order chi connectivity index (χ1) is 14.2. The van der Waals surface area contributed by atoms with Crippen LogP contribution in [0.2, 0.25) is 0 Å². The molecule has 4 rings (SSSR count). The van der Waals surface area contributed by atoms with Gasteiger partial charge in [-0.15, -0.1) is 0 Å². The molecule has 150 valence electrons. The zero-order chi connectivity index (χ0) is 20.2. The fraction of sp³-hybridized carbons (Fsp3) is 0.318. The predicted octanol–water partition coefficient (Wildman–Crippen LogP) is 0.418. The van der Waals surface area contributed by atoms with Crippen LogP contribution in [0, 0.1) is 0 Å². The number of aliphatic hydroxyl groups excluding tert-OH is 1.